The van der Waals surface area contributed by atoms with Crippen molar-refractivity contribution in [2.24, 2.45) is 5.73 Å². The number of aromatic nitrogens is 1. The molecule has 0 fully saturated rings. The minimum atomic E-state index is -4.23. The number of hydrogen-bond acceptors (Lipinski definition) is 2. The molecule has 2 aromatic rings. The van der Waals surface area contributed by atoms with E-state index in [2.05, 4.69) is 4.98 Å². The molecule has 1 unspecified atom stereocenters. The molecule has 1 atom stereocenters. The number of H-pyrrole nitrogens is 1. The van der Waals surface area contributed by atoms with Crippen molar-refractivity contribution in [3.05, 3.63) is 59.6 Å². The third-order valence-corrected chi connectivity index (χ3v) is 4.94. The molecule has 152 valence electrons. The van der Waals surface area contributed by atoms with Crippen LogP contribution in [0, 0.1) is 5.82 Å². The number of nitrogens with one attached hydrogen (secondary N) is 1. The molecule has 1 aliphatic rings. The monoisotopic (exact) mass is 400 g/mol. The average molecular weight is 400 g/mol. The van der Waals surface area contributed by atoms with Crippen molar-refractivity contribution in [1.29, 1.82) is 0 Å². The van der Waals surface area contributed by atoms with E-state index >= 15 is 0 Å². The van der Waals surface area contributed by atoms with Crippen LogP contribution in [0.3, 0.4) is 0 Å². The molecule has 0 bridgehead atoms. The van der Waals surface area contributed by atoms with Gasteiger partial charge in [-0.15, -0.1) is 0 Å². The van der Waals surface area contributed by atoms with Gasteiger partial charge in [0.15, 0.2) is 0 Å². The maximum absolute atomic E-state index is 13.4. The number of ether oxygens (including phenoxy) is 1. The largest absolute Gasteiger partial charge is 0.364 e. The third kappa shape index (κ3) is 4.44. The Kier molecular flexibility index (Phi) is 5.90. The Bertz CT molecular complexity index is 890. The Morgan fingerprint density at radius 3 is 2.79 bits per heavy atom. The smallest absolute Gasteiger partial charge is 0.330 e. The fraction of sp³-hybridized carbons (Fsp3) is 0.400. The van der Waals surface area contributed by atoms with Gasteiger partial charge in [0.05, 0.1) is 5.60 Å². The fourth-order valence-corrected chi connectivity index (χ4v) is 3.36. The zero-order valence-corrected chi connectivity index (χ0v) is 15.0. The molecule has 0 amide bonds. The molecule has 0 radical (unpaired) electrons. The number of hydrogen-bond donors (Lipinski definition) is 2. The standard InChI is InChI=1S/C20H21F5N2O/c21-15-3-4-16-14(11-27-17(16)8-15)5-7-19(6-1-2-13(9-19)10-26)28-12-20(24,25)18(22)23/h1-4,6,8,11,18,27H,5,7,9-10,12,26H2. The number of allylic oxidation sites excluding steroid dienone is 2. The van der Waals surface area contributed by atoms with E-state index in [1.807, 2.05) is 0 Å². The van der Waals surface area contributed by atoms with Crippen LogP contribution in [0.1, 0.15) is 18.4 Å². The Morgan fingerprint density at radius 2 is 2.07 bits per heavy atom. The quantitative estimate of drug-likeness (QED) is 0.629. The lowest BCUT2D eigenvalue weighted by Crippen LogP contribution is -2.41. The molecule has 3 N–H and O–H groups in total. The van der Waals surface area contributed by atoms with Crippen LogP contribution in [0.25, 0.3) is 10.9 Å². The van der Waals surface area contributed by atoms with Gasteiger partial charge in [0.25, 0.3) is 0 Å². The molecule has 0 aliphatic heterocycles. The second-order valence-electron chi connectivity index (χ2n) is 6.98. The molecule has 1 heterocycles. The van der Waals surface area contributed by atoms with E-state index in [1.54, 1.807) is 30.5 Å². The Balaban J connectivity index is 1.79. The number of aromatic amines is 1. The molecule has 0 saturated carbocycles. The Morgan fingerprint density at radius 1 is 1.29 bits per heavy atom. The van der Waals surface area contributed by atoms with Crippen molar-refractivity contribution in [2.45, 2.75) is 37.2 Å². The molecule has 1 aromatic carbocycles. The third-order valence-electron chi connectivity index (χ3n) is 4.94. The van der Waals surface area contributed by atoms with Crippen molar-refractivity contribution < 1.29 is 26.7 Å². The zero-order valence-electron chi connectivity index (χ0n) is 15.0. The first-order valence-electron chi connectivity index (χ1n) is 8.87. The fourth-order valence-electron chi connectivity index (χ4n) is 3.36. The van der Waals surface area contributed by atoms with Gasteiger partial charge in [0.1, 0.15) is 12.4 Å². The number of aryl methyl sites for hydroxylation is 1. The van der Waals surface area contributed by atoms with Gasteiger partial charge < -0.3 is 15.5 Å². The van der Waals surface area contributed by atoms with Gasteiger partial charge in [-0.1, -0.05) is 23.8 Å². The van der Waals surface area contributed by atoms with E-state index in [0.29, 0.717) is 11.9 Å². The second kappa shape index (κ2) is 8.05. The van der Waals surface area contributed by atoms with E-state index in [9.17, 15) is 22.0 Å². The highest BCUT2D eigenvalue weighted by molar-refractivity contribution is 5.83. The van der Waals surface area contributed by atoms with Gasteiger partial charge in [-0.25, -0.2) is 13.2 Å². The lowest BCUT2D eigenvalue weighted by Gasteiger charge is -2.35. The maximum Gasteiger partial charge on any atom is 0.330 e. The number of nitrogens with two attached hydrogens (primary N) is 1. The van der Waals surface area contributed by atoms with E-state index in [4.69, 9.17) is 10.5 Å². The summed E-state index contributed by atoms with van der Waals surface area (Å²) in [5.74, 6) is -4.61. The normalized spacial score (nSPS) is 20.2. The van der Waals surface area contributed by atoms with Crippen LogP contribution in [0.5, 0.6) is 0 Å². The summed E-state index contributed by atoms with van der Waals surface area (Å²) in [5.41, 5.74) is 6.77. The van der Waals surface area contributed by atoms with Crippen molar-refractivity contribution in [3.63, 3.8) is 0 Å². The van der Waals surface area contributed by atoms with Crippen molar-refractivity contribution in [1.82, 2.24) is 4.98 Å². The van der Waals surface area contributed by atoms with Crippen LogP contribution in [-0.4, -0.2) is 36.1 Å². The lowest BCUT2D eigenvalue weighted by molar-refractivity contribution is -0.188. The van der Waals surface area contributed by atoms with Crippen molar-refractivity contribution >= 4 is 10.9 Å². The molecule has 1 aliphatic carbocycles. The number of fused-ring (bicyclic) bond motifs is 1. The van der Waals surface area contributed by atoms with E-state index in [-0.39, 0.29) is 25.2 Å². The van der Waals surface area contributed by atoms with Crippen LogP contribution in [0.4, 0.5) is 22.0 Å². The van der Waals surface area contributed by atoms with Crippen LogP contribution >= 0.6 is 0 Å². The topological polar surface area (TPSA) is 51.0 Å². The van der Waals surface area contributed by atoms with E-state index < -0.39 is 24.6 Å². The average Bonchev–Trinajstić information content (AvgIpc) is 3.07. The lowest BCUT2D eigenvalue weighted by atomic mass is 9.84. The van der Waals surface area contributed by atoms with Crippen molar-refractivity contribution in [2.75, 3.05) is 13.2 Å². The second-order valence-corrected chi connectivity index (χ2v) is 6.98. The summed E-state index contributed by atoms with van der Waals surface area (Å²) >= 11 is 0. The SMILES string of the molecule is NCC1=CC=CC(CCc2c[nH]c3cc(F)ccc23)(OCC(F)(F)C(F)F)C1. The highest BCUT2D eigenvalue weighted by Gasteiger charge is 2.44. The predicted octanol–water partition coefficient (Wildman–Crippen LogP) is 4.74. The molecule has 3 rings (SSSR count). The number of halogens is 5. The highest BCUT2D eigenvalue weighted by Crippen LogP contribution is 2.35. The molecule has 8 heteroatoms. The van der Waals surface area contributed by atoms with Gasteiger partial charge in [-0.05, 0) is 36.6 Å². The number of alkyl halides is 4. The summed E-state index contributed by atoms with van der Waals surface area (Å²) in [5, 5.41) is 0.809. The highest BCUT2D eigenvalue weighted by atomic mass is 19.3. The van der Waals surface area contributed by atoms with Gasteiger partial charge in [-0.3, -0.25) is 0 Å². The van der Waals surface area contributed by atoms with Gasteiger partial charge in [0, 0.05) is 30.1 Å². The molecule has 28 heavy (non-hydrogen) atoms. The number of rotatable bonds is 8. The van der Waals surface area contributed by atoms with Crippen LogP contribution in [0.2, 0.25) is 0 Å². The summed E-state index contributed by atoms with van der Waals surface area (Å²) in [6, 6.07) is 4.34. The first-order valence-corrected chi connectivity index (χ1v) is 8.87. The van der Waals surface area contributed by atoms with E-state index in [1.165, 1.54) is 12.1 Å². The van der Waals surface area contributed by atoms with Gasteiger partial charge >= 0.3 is 12.3 Å². The molecule has 0 spiro atoms. The van der Waals surface area contributed by atoms with Crippen LogP contribution in [-0.2, 0) is 11.2 Å². The van der Waals surface area contributed by atoms with Gasteiger partial charge in [-0.2, -0.15) is 8.78 Å². The summed E-state index contributed by atoms with van der Waals surface area (Å²) in [6.45, 7) is -1.17. The molecular weight excluding hydrogens is 379 g/mol. The summed E-state index contributed by atoms with van der Waals surface area (Å²) in [7, 11) is 0. The summed E-state index contributed by atoms with van der Waals surface area (Å²) < 4.78 is 70.7. The minimum Gasteiger partial charge on any atom is -0.364 e. The summed E-state index contributed by atoms with van der Waals surface area (Å²) in [4.78, 5) is 2.97. The van der Waals surface area contributed by atoms with E-state index in [0.717, 1.165) is 16.5 Å². The molecule has 3 nitrogen and oxygen atoms in total. The first kappa shape index (κ1) is 20.5. The van der Waals surface area contributed by atoms with Crippen LogP contribution < -0.4 is 5.73 Å². The molecule has 0 saturated heterocycles. The van der Waals surface area contributed by atoms with Gasteiger partial charge in [0.2, 0.25) is 0 Å². The minimum absolute atomic E-state index is 0.215. The predicted molar refractivity (Wildman–Crippen MR) is 97.1 cm³/mol. The van der Waals surface area contributed by atoms with Crippen molar-refractivity contribution in [3.8, 4) is 0 Å². The molecular formula is C20H21F5N2O. The maximum atomic E-state index is 13.4. The Hall–Kier alpha value is -2.19. The molecule has 1 aromatic heterocycles. The Labute approximate surface area is 159 Å². The zero-order chi connectivity index (χ0) is 20.4. The summed E-state index contributed by atoms with van der Waals surface area (Å²) in [6.07, 6.45) is 3.90. The first-order chi connectivity index (χ1) is 13.2. The van der Waals surface area contributed by atoms with Crippen LogP contribution in [0.15, 0.2) is 48.2 Å². The number of benzene rings is 1.